The number of hydrogen-bond acceptors (Lipinski definition) is 2. The van der Waals surface area contributed by atoms with Crippen LogP contribution in [0.15, 0.2) is 0 Å². The van der Waals surface area contributed by atoms with Crippen LogP contribution in [0.5, 0.6) is 0 Å². The van der Waals surface area contributed by atoms with Crippen molar-refractivity contribution in [1.82, 2.24) is 4.90 Å². The van der Waals surface area contributed by atoms with Gasteiger partial charge in [-0.2, -0.15) is 11.8 Å². The van der Waals surface area contributed by atoms with E-state index < -0.39 is 0 Å². The number of rotatable bonds is 3. The lowest BCUT2D eigenvalue weighted by atomic mass is 10.1. The van der Waals surface area contributed by atoms with Crippen LogP contribution in [0.4, 0.5) is 0 Å². The van der Waals surface area contributed by atoms with Crippen molar-refractivity contribution in [3.05, 3.63) is 0 Å². The van der Waals surface area contributed by atoms with Gasteiger partial charge in [0.25, 0.3) is 0 Å². The summed E-state index contributed by atoms with van der Waals surface area (Å²) in [7, 11) is 0. The molecule has 0 amide bonds. The van der Waals surface area contributed by atoms with Gasteiger partial charge in [-0.15, -0.1) is 11.6 Å². The second-order valence-electron chi connectivity index (χ2n) is 2.97. The maximum Gasteiger partial charge on any atom is 0.0351 e. The van der Waals surface area contributed by atoms with Crippen molar-refractivity contribution in [3.63, 3.8) is 0 Å². The van der Waals surface area contributed by atoms with Crippen LogP contribution in [-0.2, 0) is 0 Å². The summed E-state index contributed by atoms with van der Waals surface area (Å²) < 4.78 is 0. The first kappa shape index (κ1) is 9.69. The van der Waals surface area contributed by atoms with Crippen LogP contribution >= 0.6 is 23.4 Å². The molecule has 0 saturated carbocycles. The highest BCUT2D eigenvalue weighted by molar-refractivity contribution is 7.99. The Kier molecular flexibility index (Phi) is 4.65. The maximum atomic E-state index is 5.66. The SMILES string of the molecule is CSC1CCN(CCCl)CC1. The number of nitrogens with zero attached hydrogens (tertiary/aromatic N) is 1. The fourth-order valence-corrected chi connectivity index (χ4v) is 2.41. The van der Waals surface area contributed by atoms with Crippen LogP contribution in [-0.4, -0.2) is 41.9 Å². The summed E-state index contributed by atoms with van der Waals surface area (Å²) in [6, 6.07) is 0. The summed E-state index contributed by atoms with van der Waals surface area (Å²) in [5.41, 5.74) is 0. The van der Waals surface area contributed by atoms with Crippen molar-refractivity contribution in [2.45, 2.75) is 18.1 Å². The largest absolute Gasteiger partial charge is 0.302 e. The van der Waals surface area contributed by atoms with Gasteiger partial charge in [-0.25, -0.2) is 0 Å². The topological polar surface area (TPSA) is 3.24 Å². The van der Waals surface area contributed by atoms with Gasteiger partial charge in [-0.3, -0.25) is 0 Å². The van der Waals surface area contributed by atoms with Crippen molar-refractivity contribution in [2.75, 3.05) is 31.8 Å². The number of halogens is 1. The van der Waals surface area contributed by atoms with Gasteiger partial charge in [0.2, 0.25) is 0 Å². The zero-order valence-electron chi connectivity index (χ0n) is 7.05. The van der Waals surface area contributed by atoms with E-state index in [1.165, 1.54) is 25.9 Å². The van der Waals surface area contributed by atoms with E-state index in [2.05, 4.69) is 11.2 Å². The second-order valence-corrected chi connectivity index (χ2v) is 4.48. The molecule has 0 aromatic heterocycles. The molecule has 3 heteroatoms. The molecule has 1 saturated heterocycles. The van der Waals surface area contributed by atoms with E-state index in [0.717, 1.165) is 17.7 Å². The Hall–Kier alpha value is 0.600. The summed E-state index contributed by atoms with van der Waals surface area (Å²) in [6.07, 6.45) is 4.90. The Morgan fingerprint density at radius 1 is 1.45 bits per heavy atom. The monoisotopic (exact) mass is 193 g/mol. The average Bonchev–Trinajstić information content (AvgIpc) is 2.07. The lowest BCUT2D eigenvalue weighted by Gasteiger charge is -2.30. The average molecular weight is 194 g/mol. The Balaban J connectivity index is 2.14. The summed E-state index contributed by atoms with van der Waals surface area (Å²) in [4.78, 5) is 2.46. The quantitative estimate of drug-likeness (QED) is 0.632. The third kappa shape index (κ3) is 3.22. The first-order valence-electron chi connectivity index (χ1n) is 4.18. The van der Waals surface area contributed by atoms with Crippen molar-refractivity contribution < 1.29 is 0 Å². The molecule has 0 radical (unpaired) electrons. The molecule has 0 aromatic carbocycles. The van der Waals surface area contributed by atoms with Crippen molar-refractivity contribution in [1.29, 1.82) is 0 Å². The minimum Gasteiger partial charge on any atom is -0.302 e. The van der Waals surface area contributed by atoms with Gasteiger partial charge in [-0.1, -0.05) is 0 Å². The molecule has 1 nitrogen and oxygen atoms in total. The summed E-state index contributed by atoms with van der Waals surface area (Å²) >= 11 is 7.66. The smallest absolute Gasteiger partial charge is 0.0351 e. The van der Waals surface area contributed by atoms with Crippen LogP contribution in [0.3, 0.4) is 0 Å². The molecule has 0 unspecified atom stereocenters. The van der Waals surface area contributed by atoms with Gasteiger partial charge in [0.15, 0.2) is 0 Å². The van der Waals surface area contributed by atoms with Crippen molar-refractivity contribution >= 4 is 23.4 Å². The Morgan fingerprint density at radius 3 is 2.55 bits per heavy atom. The number of hydrogen-bond donors (Lipinski definition) is 0. The van der Waals surface area contributed by atoms with Crippen LogP contribution in [0.25, 0.3) is 0 Å². The molecule has 0 aromatic rings. The lowest BCUT2D eigenvalue weighted by molar-refractivity contribution is 0.246. The molecular weight excluding hydrogens is 178 g/mol. The standard InChI is InChI=1S/C8H16ClNS/c1-11-8-2-5-10(6-3-8)7-4-9/h8H,2-7H2,1H3. The molecule has 0 bridgehead atoms. The first-order valence-corrected chi connectivity index (χ1v) is 6.00. The normalized spacial score (nSPS) is 22.4. The molecule has 0 atom stereocenters. The Labute approximate surface area is 78.5 Å². The third-order valence-electron chi connectivity index (χ3n) is 2.27. The van der Waals surface area contributed by atoms with E-state index in [9.17, 15) is 0 Å². The van der Waals surface area contributed by atoms with E-state index in [1.54, 1.807) is 0 Å². The van der Waals surface area contributed by atoms with E-state index in [1.807, 2.05) is 11.8 Å². The number of likely N-dealkylation sites (tertiary alicyclic amines) is 1. The van der Waals surface area contributed by atoms with E-state index >= 15 is 0 Å². The number of alkyl halides is 1. The van der Waals surface area contributed by atoms with Crippen molar-refractivity contribution in [2.24, 2.45) is 0 Å². The first-order chi connectivity index (χ1) is 5.36. The van der Waals surface area contributed by atoms with E-state index in [-0.39, 0.29) is 0 Å². The third-order valence-corrected chi connectivity index (χ3v) is 3.58. The molecule has 1 aliphatic heterocycles. The molecule has 0 spiro atoms. The summed E-state index contributed by atoms with van der Waals surface area (Å²) in [6.45, 7) is 3.57. The highest BCUT2D eigenvalue weighted by Gasteiger charge is 2.16. The zero-order valence-corrected chi connectivity index (χ0v) is 8.63. The summed E-state index contributed by atoms with van der Waals surface area (Å²) in [5, 5.41) is 0.904. The second kappa shape index (κ2) is 5.28. The van der Waals surface area contributed by atoms with Gasteiger partial charge >= 0.3 is 0 Å². The molecule has 0 N–H and O–H groups in total. The lowest BCUT2D eigenvalue weighted by Crippen LogP contribution is -2.35. The van der Waals surface area contributed by atoms with Crippen molar-refractivity contribution in [3.8, 4) is 0 Å². The van der Waals surface area contributed by atoms with Gasteiger partial charge in [0.1, 0.15) is 0 Å². The van der Waals surface area contributed by atoms with Crippen LogP contribution in [0.1, 0.15) is 12.8 Å². The minimum atomic E-state index is 0.782. The highest BCUT2D eigenvalue weighted by atomic mass is 35.5. The Bertz CT molecular complexity index is 102. The van der Waals surface area contributed by atoms with Gasteiger partial charge < -0.3 is 4.90 Å². The number of piperidine rings is 1. The van der Waals surface area contributed by atoms with Gasteiger partial charge in [0.05, 0.1) is 0 Å². The van der Waals surface area contributed by atoms with E-state index in [4.69, 9.17) is 11.6 Å². The van der Waals surface area contributed by atoms with Crippen LogP contribution in [0, 0.1) is 0 Å². The maximum absolute atomic E-state index is 5.66. The van der Waals surface area contributed by atoms with Gasteiger partial charge in [-0.05, 0) is 32.2 Å². The zero-order chi connectivity index (χ0) is 8.10. The fourth-order valence-electron chi connectivity index (χ4n) is 1.49. The minimum absolute atomic E-state index is 0.782. The molecule has 1 heterocycles. The predicted molar refractivity (Wildman–Crippen MR) is 53.7 cm³/mol. The molecule has 1 aliphatic rings. The van der Waals surface area contributed by atoms with E-state index in [0.29, 0.717) is 0 Å². The summed E-state index contributed by atoms with van der Waals surface area (Å²) in [5.74, 6) is 0.782. The fraction of sp³-hybridized carbons (Fsp3) is 1.00. The molecular formula is C8H16ClNS. The molecule has 1 fully saturated rings. The predicted octanol–water partition coefficient (Wildman–Crippen LogP) is 2.05. The molecule has 66 valence electrons. The molecule has 11 heavy (non-hydrogen) atoms. The molecule has 0 aliphatic carbocycles. The van der Waals surface area contributed by atoms with Crippen LogP contribution < -0.4 is 0 Å². The van der Waals surface area contributed by atoms with Crippen LogP contribution in [0.2, 0.25) is 0 Å². The molecule has 1 rings (SSSR count). The Morgan fingerprint density at radius 2 is 2.09 bits per heavy atom. The number of thioether (sulfide) groups is 1. The highest BCUT2D eigenvalue weighted by Crippen LogP contribution is 2.20. The van der Waals surface area contributed by atoms with Gasteiger partial charge in [0, 0.05) is 17.7 Å².